The molecule has 19 heavy (non-hydrogen) atoms. The third kappa shape index (κ3) is 3.83. The normalized spacial score (nSPS) is 19.5. The Morgan fingerprint density at radius 1 is 1.47 bits per heavy atom. The molecule has 106 valence electrons. The number of unbranched alkanes of at least 4 members (excludes halogenated alkanes) is 1. The van der Waals surface area contributed by atoms with Crippen LogP contribution < -0.4 is 15.4 Å². The van der Waals surface area contributed by atoms with Crippen molar-refractivity contribution in [1.82, 2.24) is 0 Å². The SMILES string of the molecule is CCCCOc1ccc(N2CCCC(N)C2)c(F)c1. The molecule has 1 saturated heterocycles. The summed E-state index contributed by atoms with van der Waals surface area (Å²) in [6.07, 6.45) is 4.11. The minimum Gasteiger partial charge on any atom is -0.493 e. The van der Waals surface area contributed by atoms with Crippen LogP contribution in [0.5, 0.6) is 5.75 Å². The zero-order valence-corrected chi connectivity index (χ0v) is 11.6. The summed E-state index contributed by atoms with van der Waals surface area (Å²) < 4.78 is 19.6. The van der Waals surface area contributed by atoms with Gasteiger partial charge in [-0.15, -0.1) is 0 Å². The average Bonchev–Trinajstić information content (AvgIpc) is 2.39. The predicted molar refractivity (Wildman–Crippen MR) is 76.2 cm³/mol. The number of piperidine rings is 1. The number of benzene rings is 1. The van der Waals surface area contributed by atoms with Crippen molar-refractivity contribution in [3.63, 3.8) is 0 Å². The van der Waals surface area contributed by atoms with Crippen molar-refractivity contribution in [2.24, 2.45) is 5.73 Å². The Morgan fingerprint density at radius 3 is 3.00 bits per heavy atom. The molecule has 2 N–H and O–H groups in total. The maximum absolute atomic E-state index is 14.1. The highest BCUT2D eigenvalue weighted by molar-refractivity contribution is 5.51. The van der Waals surface area contributed by atoms with Gasteiger partial charge in [-0.3, -0.25) is 0 Å². The molecule has 1 aromatic rings. The molecule has 1 aliphatic rings. The number of nitrogens with zero attached hydrogens (tertiary/aromatic N) is 1. The van der Waals surface area contributed by atoms with Crippen LogP contribution in [-0.2, 0) is 0 Å². The number of anilines is 1. The van der Waals surface area contributed by atoms with Crippen LogP contribution in [0.3, 0.4) is 0 Å². The van der Waals surface area contributed by atoms with Gasteiger partial charge >= 0.3 is 0 Å². The van der Waals surface area contributed by atoms with Gasteiger partial charge in [-0.2, -0.15) is 0 Å². The van der Waals surface area contributed by atoms with Crippen LogP contribution in [0.25, 0.3) is 0 Å². The van der Waals surface area contributed by atoms with Crippen LogP contribution in [-0.4, -0.2) is 25.7 Å². The number of ether oxygens (including phenoxy) is 1. The van der Waals surface area contributed by atoms with Gasteiger partial charge in [0.25, 0.3) is 0 Å². The minimum atomic E-state index is -0.219. The van der Waals surface area contributed by atoms with E-state index in [1.54, 1.807) is 6.07 Å². The molecule has 1 atom stereocenters. The van der Waals surface area contributed by atoms with E-state index in [9.17, 15) is 4.39 Å². The molecule has 1 aromatic carbocycles. The Hall–Kier alpha value is -1.29. The van der Waals surface area contributed by atoms with Gasteiger partial charge in [0.1, 0.15) is 11.6 Å². The summed E-state index contributed by atoms with van der Waals surface area (Å²) in [5.74, 6) is 0.388. The third-order valence-corrected chi connectivity index (χ3v) is 3.48. The molecule has 1 fully saturated rings. The Balaban J connectivity index is 2.02. The lowest BCUT2D eigenvalue weighted by atomic mass is 10.1. The Bertz CT molecular complexity index is 411. The highest BCUT2D eigenvalue weighted by atomic mass is 19.1. The second-order valence-corrected chi connectivity index (χ2v) is 5.16. The van der Waals surface area contributed by atoms with E-state index in [2.05, 4.69) is 6.92 Å². The lowest BCUT2D eigenvalue weighted by Gasteiger charge is -2.32. The molecule has 0 aromatic heterocycles. The molecule has 1 unspecified atom stereocenters. The first-order valence-corrected chi connectivity index (χ1v) is 7.13. The first-order valence-electron chi connectivity index (χ1n) is 7.13. The van der Waals surface area contributed by atoms with Gasteiger partial charge in [0, 0.05) is 25.2 Å². The van der Waals surface area contributed by atoms with E-state index < -0.39 is 0 Å². The molecule has 4 heteroatoms. The molecule has 0 aliphatic carbocycles. The van der Waals surface area contributed by atoms with Crippen LogP contribution in [0.4, 0.5) is 10.1 Å². The number of nitrogens with two attached hydrogens (primary N) is 1. The fraction of sp³-hybridized carbons (Fsp3) is 0.600. The quantitative estimate of drug-likeness (QED) is 0.833. The van der Waals surface area contributed by atoms with E-state index in [1.165, 1.54) is 6.07 Å². The van der Waals surface area contributed by atoms with Crippen molar-refractivity contribution >= 4 is 5.69 Å². The number of halogens is 1. The van der Waals surface area contributed by atoms with Crippen molar-refractivity contribution in [1.29, 1.82) is 0 Å². The first kappa shape index (κ1) is 14.1. The van der Waals surface area contributed by atoms with Gasteiger partial charge in [-0.25, -0.2) is 4.39 Å². The van der Waals surface area contributed by atoms with Crippen molar-refractivity contribution in [3.8, 4) is 5.75 Å². The fourth-order valence-electron chi connectivity index (χ4n) is 2.40. The number of rotatable bonds is 5. The summed E-state index contributed by atoms with van der Waals surface area (Å²) in [5.41, 5.74) is 6.57. The second kappa shape index (κ2) is 6.75. The average molecular weight is 266 g/mol. The highest BCUT2D eigenvalue weighted by Crippen LogP contribution is 2.26. The van der Waals surface area contributed by atoms with E-state index in [0.717, 1.165) is 38.8 Å². The van der Waals surface area contributed by atoms with Crippen LogP contribution in [0.1, 0.15) is 32.6 Å². The zero-order valence-electron chi connectivity index (χ0n) is 11.6. The first-order chi connectivity index (χ1) is 9.20. The monoisotopic (exact) mass is 266 g/mol. The molecule has 1 heterocycles. The summed E-state index contributed by atoms with van der Waals surface area (Å²) in [4.78, 5) is 2.03. The van der Waals surface area contributed by atoms with E-state index in [-0.39, 0.29) is 11.9 Å². The van der Waals surface area contributed by atoms with Crippen molar-refractivity contribution in [3.05, 3.63) is 24.0 Å². The van der Waals surface area contributed by atoms with Gasteiger partial charge in [0.05, 0.1) is 12.3 Å². The van der Waals surface area contributed by atoms with Gasteiger partial charge in [-0.05, 0) is 31.4 Å². The maximum atomic E-state index is 14.1. The molecule has 0 amide bonds. The summed E-state index contributed by atoms with van der Waals surface area (Å²) in [6, 6.07) is 5.27. The molecule has 1 aliphatic heterocycles. The predicted octanol–water partition coefficient (Wildman–Crippen LogP) is 2.93. The topological polar surface area (TPSA) is 38.5 Å². The Kier molecular flexibility index (Phi) is 5.02. The van der Waals surface area contributed by atoms with E-state index in [0.29, 0.717) is 18.0 Å². The largest absolute Gasteiger partial charge is 0.493 e. The summed E-state index contributed by atoms with van der Waals surface area (Å²) in [5, 5.41) is 0. The summed E-state index contributed by atoms with van der Waals surface area (Å²) in [6.45, 7) is 4.35. The maximum Gasteiger partial charge on any atom is 0.150 e. The van der Waals surface area contributed by atoms with Crippen LogP contribution in [0.15, 0.2) is 18.2 Å². The molecule has 0 radical (unpaired) electrons. The molecule has 2 rings (SSSR count). The van der Waals surface area contributed by atoms with Gasteiger partial charge in [-0.1, -0.05) is 13.3 Å². The van der Waals surface area contributed by atoms with Crippen LogP contribution in [0, 0.1) is 5.82 Å². The Morgan fingerprint density at radius 2 is 2.32 bits per heavy atom. The van der Waals surface area contributed by atoms with Gasteiger partial charge in [0.15, 0.2) is 0 Å². The van der Waals surface area contributed by atoms with E-state index in [4.69, 9.17) is 10.5 Å². The second-order valence-electron chi connectivity index (χ2n) is 5.16. The minimum absolute atomic E-state index is 0.147. The lowest BCUT2D eigenvalue weighted by molar-refractivity contribution is 0.308. The number of hydrogen-bond acceptors (Lipinski definition) is 3. The van der Waals surface area contributed by atoms with Crippen LogP contribution in [0.2, 0.25) is 0 Å². The molecule has 3 nitrogen and oxygen atoms in total. The lowest BCUT2D eigenvalue weighted by Crippen LogP contribution is -2.43. The van der Waals surface area contributed by atoms with Crippen LogP contribution >= 0.6 is 0 Å². The smallest absolute Gasteiger partial charge is 0.150 e. The Labute approximate surface area is 114 Å². The van der Waals surface area contributed by atoms with E-state index >= 15 is 0 Å². The molecular weight excluding hydrogens is 243 g/mol. The van der Waals surface area contributed by atoms with Gasteiger partial charge in [0.2, 0.25) is 0 Å². The van der Waals surface area contributed by atoms with Crippen molar-refractivity contribution < 1.29 is 9.13 Å². The molecular formula is C15H23FN2O. The molecule has 0 spiro atoms. The molecule has 0 saturated carbocycles. The van der Waals surface area contributed by atoms with Gasteiger partial charge < -0.3 is 15.4 Å². The van der Waals surface area contributed by atoms with E-state index in [1.807, 2.05) is 11.0 Å². The standard InChI is InChI=1S/C15H23FN2O/c1-2-3-9-19-13-6-7-15(14(16)10-13)18-8-4-5-12(17)11-18/h6-7,10,12H,2-5,8-9,11,17H2,1H3. The summed E-state index contributed by atoms with van der Waals surface area (Å²) >= 11 is 0. The van der Waals surface area contributed by atoms with Crippen molar-refractivity contribution in [2.75, 3.05) is 24.6 Å². The van der Waals surface area contributed by atoms with Crippen molar-refractivity contribution in [2.45, 2.75) is 38.6 Å². The molecule has 0 bridgehead atoms. The summed E-state index contributed by atoms with van der Waals surface area (Å²) in [7, 11) is 0. The highest BCUT2D eigenvalue weighted by Gasteiger charge is 2.19. The zero-order chi connectivity index (χ0) is 13.7. The third-order valence-electron chi connectivity index (χ3n) is 3.48. The number of hydrogen-bond donors (Lipinski definition) is 1. The fourth-order valence-corrected chi connectivity index (χ4v) is 2.40.